The van der Waals surface area contributed by atoms with E-state index in [1.54, 1.807) is 30.3 Å². The van der Waals surface area contributed by atoms with Gasteiger partial charge in [-0.25, -0.2) is 0 Å². The lowest BCUT2D eigenvalue weighted by Crippen LogP contribution is -2.36. The number of carbonyl (C=O) groups is 2. The number of benzene rings is 2. The third kappa shape index (κ3) is 3.68. The van der Waals surface area contributed by atoms with E-state index in [0.29, 0.717) is 22.9 Å². The molecule has 124 valence electrons. The molecule has 0 saturated carbocycles. The van der Waals surface area contributed by atoms with E-state index >= 15 is 0 Å². The quantitative estimate of drug-likeness (QED) is 0.870. The zero-order valence-electron chi connectivity index (χ0n) is 12.9. The minimum atomic E-state index is -0.287. The molecule has 1 aliphatic rings. The first-order chi connectivity index (χ1) is 11.5. The summed E-state index contributed by atoms with van der Waals surface area (Å²) in [6.07, 6.45) is 0. The molecule has 6 nitrogen and oxygen atoms in total. The van der Waals surface area contributed by atoms with Crippen LogP contribution in [0.1, 0.15) is 6.92 Å². The molecule has 1 aliphatic heterocycles. The van der Waals surface area contributed by atoms with Crippen molar-refractivity contribution >= 4 is 39.1 Å². The maximum Gasteiger partial charge on any atom is 0.244 e. The largest absolute Gasteiger partial charge is 0.454 e. The summed E-state index contributed by atoms with van der Waals surface area (Å²) in [6.45, 7) is 1.48. The third-order valence-corrected chi connectivity index (χ3v) is 4.01. The average molecular weight is 391 g/mol. The minimum absolute atomic E-state index is 0.0922. The van der Waals surface area contributed by atoms with E-state index in [-0.39, 0.29) is 25.2 Å². The summed E-state index contributed by atoms with van der Waals surface area (Å²) in [4.78, 5) is 25.6. The van der Waals surface area contributed by atoms with Gasteiger partial charge in [0, 0.05) is 28.8 Å². The number of amides is 2. The third-order valence-electron chi connectivity index (χ3n) is 3.48. The maximum atomic E-state index is 12.2. The molecule has 0 spiro atoms. The second kappa shape index (κ2) is 6.92. The molecular weight excluding hydrogens is 376 g/mol. The summed E-state index contributed by atoms with van der Waals surface area (Å²) in [5.74, 6) is 0.665. The van der Waals surface area contributed by atoms with Crippen molar-refractivity contribution in [1.29, 1.82) is 0 Å². The maximum absolute atomic E-state index is 12.2. The predicted octanol–water partition coefficient (Wildman–Crippen LogP) is 3.17. The molecule has 0 aromatic heterocycles. The van der Waals surface area contributed by atoms with Gasteiger partial charge in [-0.15, -0.1) is 0 Å². The van der Waals surface area contributed by atoms with Crippen LogP contribution in [0, 0.1) is 0 Å². The van der Waals surface area contributed by atoms with Crippen LogP contribution in [0.4, 0.5) is 11.4 Å². The molecule has 0 unspecified atom stereocenters. The molecule has 3 rings (SSSR count). The van der Waals surface area contributed by atoms with Crippen molar-refractivity contribution in [2.24, 2.45) is 0 Å². The standard InChI is InChI=1S/C17H15BrN2O4/c1-11(21)20(14-6-7-15-16(8-14)24-10-23-15)9-17(22)19-13-4-2-12(18)3-5-13/h2-8H,9-10H2,1H3,(H,19,22). The van der Waals surface area contributed by atoms with Gasteiger partial charge in [0.05, 0.1) is 0 Å². The van der Waals surface area contributed by atoms with Crippen LogP contribution >= 0.6 is 15.9 Å². The summed E-state index contributed by atoms with van der Waals surface area (Å²) in [5.41, 5.74) is 1.25. The molecule has 2 amide bonds. The second-order valence-electron chi connectivity index (χ2n) is 5.20. The van der Waals surface area contributed by atoms with Crippen molar-refractivity contribution in [3.8, 4) is 11.5 Å². The number of carbonyl (C=O) groups excluding carboxylic acids is 2. The van der Waals surface area contributed by atoms with E-state index in [1.165, 1.54) is 11.8 Å². The highest BCUT2D eigenvalue weighted by molar-refractivity contribution is 9.10. The van der Waals surface area contributed by atoms with Gasteiger partial charge < -0.3 is 19.7 Å². The fourth-order valence-electron chi connectivity index (χ4n) is 2.31. The number of ether oxygens (including phenoxy) is 2. The van der Waals surface area contributed by atoms with Gasteiger partial charge in [-0.2, -0.15) is 0 Å². The van der Waals surface area contributed by atoms with E-state index in [9.17, 15) is 9.59 Å². The van der Waals surface area contributed by atoms with Gasteiger partial charge in [-0.05, 0) is 36.4 Å². The van der Waals surface area contributed by atoms with Crippen LogP contribution < -0.4 is 19.7 Å². The number of hydrogen-bond acceptors (Lipinski definition) is 4. The normalized spacial score (nSPS) is 11.9. The zero-order chi connectivity index (χ0) is 17.1. The highest BCUT2D eigenvalue weighted by Gasteiger charge is 2.20. The molecule has 0 aliphatic carbocycles. The van der Waals surface area contributed by atoms with Crippen LogP contribution in [0.5, 0.6) is 11.5 Å². The molecule has 2 aromatic rings. The SMILES string of the molecule is CC(=O)N(CC(=O)Nc1ccc(Br)cc1)c1ccc2c(c1)OCO2. The highest BCUT2D eigenvalue weighted by atomic mass is 79.9. The van der Waals surface area contributed by atoms with Crippen molar-refractivity contribution in [2.75, 3.05) is 23.6 Å². The Morgan fingerprint density at radius 2 is 1.83 bits per heavy atom. The molecule has 1 heterocycles. The monoisotopic (exact) mass is 390 g/mol. The van der Waals surface area contributed by atoms with Crippen LogP contribution in [0.15, 0.2) is 46.9 Å². The molecular formula is C17H15BrN2O4. The Morgan fingerprint density at radius 1 is 1.12 bits per heavy atom. The van der Waals surface area contributed by atoms with Gasteiger partial charge in [-0.1, -0.05) is 15.9 Å². The molecule has 0 radical (unpaired) electrons. The Balaban J connectivity index is 1.73. The van der Waals surface area contributed by atoms with Crippen LogP contribution in [-0.2, 0) is 9.59 Å². The van der Waals surface area contributed by atoms with Crippen molar-refractivity contribution in [1.82, 2.24) is 0 Å². The number of fused-ring (bicyclic) bond motifs is 1. The van der Waals surface area contributed by atoms with Crippen molar-refractivity contribution in [2.45, 2.75) is 6.92 Å². The predicted molar refractivity (Wildman–Crippen MR) is 93.4 cm³/mol. The molecule has 7 heteroatoms. The fourth-order valence-corrected chi connectivity index (χ4v) is 2.58. The Kier molecular flexibility index (Phi) is 4.71. The lowest BCUT2D eigenvalue weighted by molar-refractivity contribution is -0.120. The number of anilines is 2. The van der Waals surface area contributed by atoms with Crippen LogP contribution in [0.3, 0.4) is 0 Å². The molecule has 0 atom stereocenters. The summed E-state index contributed by atoms with van der Waals surface area (Å²) in [6, 6.07) is 12.4. The molecule has 0 fully saturated rings. The van der Waals surface area contributed by atoms with E-state index in [1.807, 2.05) is 12.1 Å². The van der Waals surface area contributed by atoms with Gasteiger partial charge in [0.2, 0.25) is 18.6 Å². The fraction of sp³-hybridized carbons (Fsp3) is 0.176. The van der Waals surface area contributed by atoms with E-state index < -0.39 is 0 Å². The molecule has 24 heavy (non-hydrogen) atoms. The molecule has 0 bridgehead atoms. The Labute approximate surface area is 147 Å². The minimum Gasteiger partial charge on any atom is -0.454 e. The topological polar surface area (TPSA) is 67.9 Å². The van der Waals surface area contributed by atoms with E-state index in [2.05, 4.69) is 21.2 Å². The van der Waals surface area contributed by atoms with Gasteiger partial charge >= 0.3 is 0 Å². The van der Waals surface area contributed by atoms with Crippen molar-refractivity contribution in [3.05, 3.63) is 46.9 Å². The smallest absolute Gasteiger partial charge is 0.244 e. The number of rotatable bonds is 4. The highest BCUT2D eigenvalue weighted by Crippen LogP contribution is 2.35. The first-order valence-electron chi connectivity index (χ1n) is 7.26. The molecule has 0 saturated heterocycles. The zero-order valence-corrected chi connectivity index (χ0v) is 14.5. The van der Waals surface area contributed by atoms with Crippen molar-refractivity contribution in [3.63, 3.8) is 0 Å². The summed E-state index contributed by atoms with van der Waals surface area (Å²) < 4.78 is 11.5. The van der Waals surface area contributed by atoms with Gasteiger partial charge in [0.15, 0.2) is 11.5 Å². The van der Waals surface area contributed by atoms with Crippen LogP contribution in [-0.4, -0.2) is 25.2 Å². The molecule has 2 aromatic carbocycles. The Morgan fingerprint density at radius 3 is 2.54 bits per heavy atom. The van der Waals surface area contributed by atoms with Gasteiger partial charge in [-0.3, -0.25) is 9.59 Å². The first kappa shape index (κ1) is 16.3. The lowest BCUT2D eigenvalue weighted by Gasteiger charge is -2.21. The second-order valence-corrected chi connectivity index (χ2v) is 6.11. The summed E-state index contributed by atoms with van der Waals surface area (Å²) in [7, 11) is 0. The number of hydrogen-bond donors (Lipinski definition) is 1. The Bertz CT molecular complexity index is 777. The van der Waals surface area contributed by atoms with E-state index in [0.717, 1.165) is 4.47 Å². The Hall–Kier alpha value is -2.54. The average Bonchev–Trinajstić information content (AvgIpc) is 3.02. The van der Waals surface area contributed by atoms with E-state index in [4.69, 9.17) is 9.47 Å². The number of halogens is 1. The van der Waals surface area contributed by atoms with Crippen molar-refractivity contribution < 1.29 is 19.1 Å². The number of nitrogens with zero attached hydrogens (tertiary/aromatic N) is 1. The lowest BCUT2D eigenvalue weighted by atomic mass is 10.2. The molecule has 1 N–H and O–H groups in total. The number of nitrogens with one attached hydrogen (secondary N) is 1. The van der Waals surface area contributed by atoms with Crippen LogP contribution in [0.2, 0.25) is 0 Å². The summed E-state index contributed by atoms with van der Waals surface area (Å²) >= 11 is 3.34. The van der Waals surface area contributed by atoms with Gasteiger partial charge in [0.25, 0.3) is 0 Å². The van der Waals surface area contributed by atoms with Gasteiger partial charge in [0.1, 0.15) is 6.54 Å². The first-order valence-corrected chi connectivity index (χ1v) is 8.05. The van der Waals surface area contributed by atoms with Crippen LogP contribution in [0.25, 0.3) is 0 Å². The summed E-state index contributed by atoms with van der Waals surface area (Å²) in [5, 5.41) is 2.77.